The minimum atomic E-state index is 0.649. The molecule has 0 heterocycles. The van der Waals surface area contributed by atoms with Crippen molar-refractivity contribution in [1.82, 2.24) is 10.2 Å². The highest BCUT2D eigenvalue weighted by Gasteiger charge is 2.21. The number of rotatable bonds is 8. The van der Waals surface area contributed by atoms with E-state index in [9.17, 15) is 0 Å². The van der Waals surface area contributed by atoms with E-state index in [2.05, 4.69) is 30.1 Å². The molecule has 1 aliphatic rings. The molecule has 0 aromatic rings. The molecule has 0 saturated heterocycles. The van der Waals surface area contributed by atoms with E-state index in [4.69, 9.17) is 5.26 Å². The van der Waals surface area contributed by atoms with Crippen molar-refractivity contribution in [2.45, 2.75) is 39.2 Å². The monoisotopic (exact) mass is 209 g/mol. The second-order valence-corrected chi connectivity index (χ2v) is 4.59. The van der Waals surface area contributed by atoms with Crippen molar-refractivity contribution in [3.63, 3.8) is 0 Å². The van der Waals surface area contributed by atoms with Crippen molar-refractivity contribution in [2.24, 2.45) is 5.92 Å². The molecule has 1 unspecified atom stereocenters. The average molecular weight is 209 g/mol. The Bertz CT molecular complexity index is 205. The molecule has 0 amide bonds. The smallest absolute Gasteiger partial charge is 0.0635 e. The van der Waals surface area contributed by atoms with Crippen LogP contribution in [0.4, 0.5) is 0 Å². The molecule has 0 aromatic carbocycles. The Kier molecular flexibility index (Phi) is 5.67. The van der Waals surface area contributed by atoms with Crippen molar-refractivity contribution in [3.05, 3.63) is 0 Å². The Labute approximate surface area is 93.5 Å². The van der Waals surface area contributed by atoms with Crippen LogP contribution in [0.25, 0.3) is 0 Å². The highest BCUT2D eigenvalue weighted by molar-refractivity contribution is 4.82. The predicted molar refractivity (Wildman–Crippen MR) is 62.5 cm³/mol. The van der Waals surface area contributed by atoms with E-state index < -0.39 is 0 Å². The number of nitriles is 1. The van der Waals surface area contributed by atoms with Crippen LogP contribution in [0.3, 0.4) is 0 Å². The first-order chi connectivity index (χ1) is 7.26. The van der Waals surface area contributed by atoms with Crippen molar-refractivity contribution in [3.8, 4) is 6.07 Å². The molecule has 1 N–H and O–H groups in total. The highest BCUT2D eigenvalue weighted by Crippen LogP contribution is 2.18. The van der Waals surface area contributed by atoms with Gasteiger partial charge in [-0.3, -0.25) is 0 Å². The molecule has 0 spiro atoms. The first-order valence-electron chi connectivity index (χ1n) is 6.09. The van der Waals surface area contributed by atoms with Gasteiger partial charge in [0.1, 0.15) is 0 Å². The topological polar surface area (TPSA) is 39.1 Å². The Morgan fingerprint density at radius 1 is 1.53 bits per heavy atom. The Morgan fingerprint density at radius 2 is 2.27 bits per heavy atom. The second-order valence-electron chi connectivity index (χ2n) is 4.59. The normalized spacial score (nSPS) is 17.7. The maximum atomic E-state index is 8.54. The fraction of sp³-hybridized carbons (Fsp3) is 0.917. The summed E-state index contributed by atoms with van der Waals surface area (Å²) < 4.78 is 0. The summed E-state index contributed by atoms with van der Waals surface area (Å²) in [5, 5.41) is 12.1. The first kappa shape index (κ1) is 12.5. The summed E-state index contributed by atoms with van der Waals surface area (Å²) in [6.07, 6.45) is 3.37. The molecule has 0 bridgehead atoms. The molecule has 0 aliphatic heterocycles. The van der Waals surface area contributed by atoms with Gasteiger partial charge in [0.2, 0.25) is 0 Å². The van der Waals surface area contributed by atoms with Crippen LogP contribution in [-0.4, -0.2) is 37.1 Å². The van der Waals surface area contributed by atoms with Gasteiger partial charge in [-0.2, -0.15) is 5.26 Å². The summed E-state index contributed by atoms with van der Waals surface area (Å²) in [4.78, 5) is 2.36. The van der Waals surface area contributed by atoms with Crippen molar-refractivity contribution >= 4 is 0 Å². The lowest BCUT2D eigenvalue weighted by atomic mass is 10.1. The third kappa shape index (κ3) is 5.76. The van der Waals surface area contributed by atoms with Crippen molar-refractivity contribution < 1.29 is 0 Å². The number of nitrogens with one attached hydrogen (secondary N) is 1. The molecule has 1 atom stereocenters. The van der Waals surface area contributed by atoms with Gasteiger partial charge in [0, 0.05) is 25.6 Å². The zero-order valence-electron chi connectivity index (χ0n) is 10.00. The summed E-state index contributed by atoms with van der Waals surface area (Å²) in [5.74, 6) is 0.684. The van der Waals surface area contributed by atoms with Crippen LogP contribution in [0.2, 0.25) is 0 Å². The fourth-order valence-electron chi connectivity index (χ4n) is 1.75. The van der Waals surface area contributed by atoms with Gasteiger partial charge in [-0.05, 0) is 31.8 Å². The van der Waals surface area contributed by atoms with E-state index in [1.165, 1.54) is 12.8 Å². The zero-order chi connectivity index (χ0) is 11.1. The standard InChI is InChI=1S/C12H23N3/c1-3-15(8-4-7-13)10-11(2)9-14-12-5-6-12/h11-12,14H,3-6,8-10H2,1-2H3. The minimum absolute atomic E-state index is 0.649. The molecule has 1 aliphatic carbocycles. The largest absolute Gasteiger partial charge is 0.314 e. The molecule has 1 rings (SSSR count). The predicted octanol–water partition coefficient (Wildman–Crippen LogP) is 1.61. The quantitative estimate of drug-likeness (QED) is 0.660. The minimum Gasteiger partial charge on any atom is -0.314 e. The molecule has 1 fully saturated rings. The van der Waals surface area contributed by atoms with Gasteiger partial charge in [-0.25, -0.2) is 0 Å². The number of nitrogens with zero attached hydrogens (tertiary/aromatic N) is 2. The zero-order valence-corrected chi connectivity index (χ0v) is 10.00. The van der Waals surface area contributed by atoms with E-state index in [1.54, 1.807) is 0 Å². The second kappa shape index (κ2) is 6.81. The molecule has 1 saturated carbocycles. The van der Waals surface area contributed by atoms with E-state index >= 15 is 0 Å². The summed E-state index contributed by atoms with van der Waals surface area (Å²) in [5.41, 5.74) is 0. The SMILES string of the molecule is CCN(CCC#N)CC(C)CNC1CC1. The molecule has 15 heavy (non-hydrogen) atoms. The van der Waals surface area contributed by atoms with Gasteiger partial charge in [0.15, 0.2) is 0 Å². The van der Waals surface area contributed by atoms with Gasteiger partial charge in [-0.1, -0.05) is 13.8 Å². The summed E-state index contributed by atoms with van der Waals surface area (Å²) >= 11 is 0. The van der Waals surface area contributed by atoms with E-state index in [-0.39, 0.29) is 0 Å². The molecule has 0 radical (unpaired) electrons. The van der Waals surface area contributed by atoms with Crippen LogP contribution in [-0.2, 0) is 0 Å². The lowest BCUT2D eigenvalue weighted by Crippen LogP contribution is -2.34. The van der Waals surface area contributed by atoms with Gasteiger partial charge in [-0.15, -0.1) is 0 Å². The fourth-order valence-corrected chi connectivity index (χ4v) is 1.75. The summed E-state index contributed by atoms with van der Waals surface area (Å²) in [7, 11) is 0. The van der Waals surface area contributed by atoms with E-state index in [0.29, 0.717) is 12.3 Å². The van der Waals surface area contributed by atoms with Crippen LogP contribution in [0.15, 0.2) is 0 Å². The van der Waals surface area contributed by atoms with Crippen molar-refractivity contribution in [1.29, 1.82) is 5.26 Å². The highest BCUT2D eigenvalue weighted by atomic mass is 15.1. The molecule has 0 aromatic heterocycles. The molecule has 86 valence electrons. The average Bonchev–Trinajstić information content (AvgIpc) is 3.05. The van der Waals surface area contributed by atoms with E-state index in [1.807, 2.05) is 0 Å². The molecule has 3 heteroatoms. The summed E-state index contributed by atoms with van der Waals surface area (Å²) in [6, 6.07) is 3.02. The van der Waals surface area contributed by atoms with E-state index in [0.717, 1.165) is 32.2 Å². The Hall–Kier alpha value is -0.590. The summed E-state index contributed by atoms with van der Waals surface area (Å²) in [6.45, 7) is 8.64. The molecule has 3 nitrogen and oxygen atoms in total. The maximum Gasteiger partial charge on any atom is 0.0635 e. The van der Waals surface area contributed by atoms with Crippen LogP contribution < -0.4 is 5.32 Å². The number of hydrogen-bond acceptors (Lipinski definition) is 3. The van der Waals surface area contributed by atoms with Gasteiger partial charge >= 0.3 is 0 Å². The lowest BCUT2D eigenvalue weighted by molar-refractivity contribution is 0.250. The van der Waals surface area contributed by atoms with Crippen LogP contribution in [0.5, 0.6) is 0 Å². The van der Waals surface area contributed by atoms with Gasteiger partial charge in [0.05, 0.1) is 6.07 Å². The first-order valence-corrected chi connectivity index (χ1v) is 6.09. The van der Waals surface area contributed by atoms with Crippen LogP contribution >= 0.6 is 0 Å². The Morgan fingerprint density at radius 3 is 2.80 bits per heavy atom. The van der Waals surface area contributed by atoms with Gasteiger partial charge in [0.25, 0.3) is 0 Å². The van der Waals surface area contributed by atoms with Crippen molar-refractivity contribution in [2.75, 3.05) is 26.2 Å². The maximum absolute atomic E-state index is 8.54. The lowest BCUT2D eigenvalue weighted by Gasteiger charge is -2.23. The third-order valence-electron chi connectivity index (χ3n) is 2.89. The van der Waals surface area contributed by atoms with Gasteiger partial charge < -0.3 is 10.2 Å². The molecular formula is C12H23N3. The number of hydrogen-bond donors (Lipinski definition) is 1. The third-order valence-corrected chi connectivity index (χ3v) is 2.89. The van der Waals surface area contributed by atoms with Crippen LogP contribution in [0, 0.1) is 17.2 Å². The molecular weight excluding hydrogens is 186 g/mol. The van der Waals surface area contributed by atoms with Crippen LogP contribution in [0.1, 0.15) is 33.1 Å². The Balaban J connectivity index is 2.08.